The van der Waals surface area contributed by atoms with Gasteiger partial charge in [0, 0.05) is 59.9 Å². The number of likely N-dealkylation sites (N-methyl/N-ethyl adjacent to an activating group) is 1. The van der Waals surface area contributed by atoms with Gasteiger partial charge < -0.3 is 9.80 Å². The Morgan fingerprint density at radius 2 is 1.63 bits per heavy atom. The third-order valence-electron chi connectivity index (χ3n) is 8.07. The maximum Gasteiger partial charge on any atom is 0.261 e. The Labute approximate surface area is 254 Å². The van der Waals surface area contributed by atoms with Gasteiger partial charge in [0.15, 0.2) is 5.65 Å². The molecule has 1 N–H and O–H groups in total. The minimum Gasteiger partial charge on any atom is -0.338 e. The Bertz CT molecular complexity index is 2160. The van der Waals surface area contributed by atoms with E-state index >= 15 is 0 Å². The Hall–Kier alpha value is -4.25. The minimum absolute atomic E-state index is 0.108. The second-order valence-corrected chi connectivity index (χ2v) is 13.2. The molecular weight excluding hydrogens is 582 g/mol. The number of pyridine rings is 1. The van der Waals surface area contributed by atoms with Crippen molar-refractivity contribution in [2.45, 2.75) is 18.7 Å². The van der Waals surface area contributed by atoms with E-state index in [0.29, 0.717) is 10.7 Å². The van der Waals surface area contributed by atoms with Crippen molar-refractivity contribution >= 4 is 60.7 Å². The molecule has 0 unspecified atom stereocenters. The van der Waals surface area contributed by atoms with Crippen LogP contribution in [0.15, 0.2) is 78.0 Å². The zero-order valence-corrected chi connectivity index (χ0v) is 25.6. The lowest BCUT2D eigenvalue weighted by Crippen LogP contribution is -2.45. The highest BCUT2D eigenvalue weighted by Crippen LogP contribution is 2.37. The number of piperazine rings is 1. The van der Waals surface area contributed by atoms with Gasteiger partial charge in [0.25, 0.3) is 10.0 Å². The molecule has 3 aromatic heterocycles. The Morgan fingerprint density at radius 3 is 2.42 bits per heavy atom. The normalized spacial score (nSPS) is 14.7. The van der Waals surface area contributed by atoms with Crippen molar-refractivity contribution in [3.8, 4) is 11.1 Å². The summed E-state index contributed by atoms with van der Waals surface area (Å²) in [6.45, 7) is 7.51. The maximum atomic E-state index is 13.3. The summed E-state index contributed by atoms with van der Waals surface area (Å²) in [6.07, 6.45) is 3.88. The number of benzene rings is 3. The molecule has 0 radical (unpaired) electrons. The third-order valence-corrected chi connectivity index (χ3v) is 9.85. The number of aryl methyl sites for hydroxylation is 2. The predicted molar refractivity (Wildman–Crippen MR) is 173 cm³/mol. The molecule has 1 aliphatic heterocycles. The molecule has 11 heteroatoms. The van der Waals surface area contributed by atoms with Crippen LogP contribution in [0.4, 0.5) is 11.6 Å². The zero-order valence-electron chi connectivity index (χ0n) is 24.0. The van der Waals surface area contributed by atoms with Gasteiger partial charge in [-0.2, -0.15) is 4.98 Å². The number of halogens is 1. The summed E-state index contributed by atoms with van der Waals surface area (Å²) in [4.78, 5) is 19.3. The maximum absolute atomic E-state index is 13.3. The molecule has 1 fully saturated rings. The number of hydrogen-bond donors (Lipinski definition) is 1. The van der Waals surface area contributed by atoms with E-state index in [0.717, 1.165) is 82.0 Å². The molecule has 0 bridgehead atoms. The van der Waals surface area contributed by atoms with Crippen molar-refractivity contribution in [2.24, 2.45) is 0 Å². The van der Waals surface area contributed by atoms with Gasteiger partial charge in [-0.25, -0.2) is 18.4 Å². The first-order valence-corrected chi connectivity index (χ1v) is 15.9. The summed E-state index contributed by atoms with van der Waals surface area (Å²) in [5.41, 5.74) is 5.58. The van der Waals surface area contributed by atoms with Crippen LogP contribution in [-0.4, -0.2) is 65.9 Å². The molecule has 6 aromatic rings. The van der Waals surface area contributed by atoms with Gasteiger partial charge in [-0.1, -0.05) is 48.0 Å². The first-order chi connectivity index (χ1) is 20.7. The SMILES string of the molecule is Cc1cn2c(n1)c(-c1cccc3c(NS(=O)(=O)c4ccc(C)c(Cl)c4)cccc13)cc1cnc(N3CCN(C)CC3)nc12. The molecule has 4 heterocycles. The van der Waals surface area contributed by atoms with Crippen molar-refractivity contribution < 1.29 is 8.42 Å². The van der Waals surface area contributed by atoms with Crippen LogP contribution >= 0.6 is 11.6 Å². The average molecular weight is 612 g/mol. The number of nitrogens with one attached hydrogen (secondary N) is 1. The second kappa shape index (κ2) is 10.5. The van der Waals surface area contributed by atoms with E-state index in [2.05, 4.69) is 27.6 Å². The number of anilines is 2. The monoisotopic (exact) mass is 611 g/mol. The highest BCUT2D eigenvalue weighted by molar-refractivity contribution is 7.92. The minimum atomic E-state index is -3.87. The first kappa shape index (κ1) is 27.6. The van der Waals surface area contributed by atoms with Gasteiger partial charge in [-0.05, 0) is 61.7 Å². The zero-order chi connectivity index (χ0) is 29.9. The van der Waals surface area contributed by atoms with E-state index in [4.69, 9.17) is 26.6 Å². The molecule has 1 saturated heterocycles. The van der Waals surface area contributed by atoms with E-state index in [1.807, 2.05) is 61.0 Å². The lowest BCUT2D eigenvalue weighted by Gasteiger charge is -2.32. The number of imidazole rings is 1. The standard InChI is InChI=1S/C32H30ClN7O2S/c1-20-10-11-23(17-28(20)33)43(41,42)37-29-9-5-7-24-25(6-4-8-26(24)29)27-16-22-18-34-32(39-14-12-38(3)13-15-39)36-30(22)40-19-21(2)35-31(27)40/h4-11,16-19,37H,12-15H2,1-3H3. The highest BCUT2D eigenvalue weighted by Gasteiger charge is 2.21. The molecule has 0 saturated carbocycles. The van der Waals surface area contributed by atoms with Crippen molar-refractivity contribution in [3.63, 3.8) is 0 Å². The van der Waals surface area contributed by atoms with Crippen LogP contribution < -0.4 is 9.62 Å². The quantitative estimate of drug-likeness (QED) is 0.258. The van der Waals surface area contributed by atoms with Crippen molar-refractivity contribution in [1.82, 2.24) is 24.3 Å². The number of nitrogens with zero attached hydrogens (tertiary/aromatic N) is 6. The molecule has 0 atom stereocenters. The largest absolute Gasteiger partial charge is 0.338 e. The molecule has 7 rings (SSSR count). The van der Waals surface area contributed by atoms with E-state index in [1.54, 1.807) is 18.2 Å². The molecule has 1 aliphatic rings. The van der Waals surface area contributed by atoms with Crippen LogP contribution in [0.5, 0.6) is 0 Å². The molecule has 0 aliphatic carbocycles. The Kier molecular flexibility index (Phi) is 6.72. The molecule has 0 amide bonds. The lowest BCUT2D eigenvalue weighted by molar-refractivity contribution is 0.311. The molecule has 3 aromatic carbocycles. The summed E-state index contributed by atoms with van der Waals surface area (Å²) in [6, 6.07) is 18.3. The number of rotatable bonds is 5. The molecule has 43 heavy (non-hydrogen) atoms. The van der Waals surface area contributed by atoms with E-state index < -0.39 is 10.0 Å². The van der Waals surface area contributed by atoms with E-state index in [-0.39, 0.29) is 4.90 Å². The van der Waals surface area contributed by atoms with Gasteiger partial charge >= 0.3 is 0 Å². The fraction of sp³-hybridized carbons (Fsp3) is 0.219. The van der Waals surface area contributed by atoms with Crippen molar-refractivity contribution in [1.29, 1.82) is 0 Å². The summed E-state index contributed by atoms with van der Waals surface area (Å²) in [5.74, 6) is 0.720. The predicted octanol–water partition coefficient (Wildman–Crippen LogP) is 5.92. The fourth-order valence-corrected chi connectivity index (χ4v) is 7.02. The van der Waals surface area contributed by atoms with Crippen molar-refractivity contribution in [2.75, 3.05) is 42.8 Å². The smallest absolute Gasteiger partial charge is 0.261 e. The molecular formula is C32H30ClN7O2S. The lowest BCUT2D eigenvalue weighted by atomic mass is 9.97. The van der Waals surface area contributed by atoms with Crippen LogP contribution in [0.3, 0.4) is 0 Å². The number of fused-ring (bicyclic) bond motifs is 4. The molecule has 0 spiro atoms. The fourth-order valence-electron chi connectivity index (χ4n) is 5.67. The van der Waals surface area contributed by atoms with Gasteiger partial charge in [-0.15, -0.1) is 0 Å². The topological polar surface area (TPSA) is 95.7 Å². The second-order valence-electron chi connectivity index (χ2n) is 11.1. The van der Waals surface area contributed by atoms with Crippen LogP contribution in [0.2, 0.25) is 5.02 Å². The number of aromatic nitrogens is 4. The van der Waals surface area contributed by atoms with Gasteiger partial charge in [0.05, 0.1) is 16.3 Å². The van der Waals surface area contributed by atoms with E-state index in [9.17, 15) is 8.42 Å². The van der Waals surface area contributed by atoms with Gasteiger partial charge in [0.1, 0.15) is 5.65 Å². The van der Waals surface area contributed by atoms with Crippen LogP contribution in [0, 0.1) is 13.8 Å². The summed E-state index contributed by atoms with van der Waals surface area (Å²) >= 11 is 6.24. The molecule has 9 nitrogen and oxygen atoms in total. The van der Waals surface area contributed by atoms with Crippen LogP contribution in [-0.2, 0) is 10.0 Å². The van der Waals surface area contributed by atoms with E-state index in [1.165, 1.54) is 6.07 Å². The summed E-state index contributed by atoms with van der Waals surface area (Å²) < 4.78 is 31.5. The Morgan fingerprint density at radius 1 is 0.860 bits per heavy atom. The summed E-state index contributed by atoms with van der Waals surface area (Å²) in [5, 5.41) is 2.95. The molecule has 218 valence electrons. The van der Waals surface area contributed by atoms with Crippen LogP contribution in [0.25, 0.3) is 38.6 Å². The third kappa shape index (κ3) is 4.95. The number of hydrogen-bond acceptors (Lipinski definition) is 7. The average Bonchev–Trinajstić information content (AvgIpc) is 3.40. The van der Waals surface area contributed by atoms with Crippen molar-refractivity contribution in [3.05, 3.63) is 89.3 Å². The highest BCUT2D eigenvalue weighted by atomic mass is 35.5. The van der Waals surface area contributed by atoms with Gasteiger partial charge in [0.2, 0.25) is 5.95 Å². The van der Waals surface area contributed by atoms with Gasteiger partial charge in [-0.3, -0.25) is 9.12 Å². The summed E-state index contributed by atoms with van der Waals surface area (Å²) in [7, 11) is -1.74. The van der Waals surface area contributed by atoms with Crippen LogP contribution in [0.1, 0.15) is 11.3 Å². The number of sulfonamides is 1. The Balaban J connectivity index is 1.34. The first-order valence-electron chi connectivity index (χ1n) is 14.1.